The molecule has 0 saturated carbocycles. The van der Waals surface area contributed by atoms with Crippen LogP contribution in [0.4, 0.5) is 16.2 Å². The summed E-state index contributed by atoms with van der Waals surface area (Å²) in [6, 6.07) is 18.2. The minimum absolute atomic E-state index is 0.00453. The number of amides is 2. The molecule has 1 atom stereocenters. The highest BCUT2D eigenvalue weighted by atomic mass is 16.5. The highest BCUT2D eigenvalue weighted by molar-refractivity contribution is 6.00. The lowest BCUT2D eigenvalue weighted by Gasteiger charge is -2.22. The quantitative estimate of drug-likeness (QED) is 0.373. The van der Waals surface area contributed by atoms with Crippen molar-refractivity contribution in [2.45, 2.75) is 45.6 Å². The molecule has 0 aliphatic heterocycles. The number of hydrogen-bond acceptors (Lipinski definition) is 5. The number of rotatable bonds is 9. The van der Waals surface area contributed by atoms with Crippen molar-refractivity contribution in [3.63, 3.8) is 0 Å². The summed E-state index contributed by atoms with van der Waals surface area (Å²) in [5.74, 6) is 1.69. The van der Waals surface area contributed by atoms with Crippen LogP contribution in [0.15, 0.2) is 66.9 Å². The molecule has 2 N–H and O–H groups in total. The van der Waals surface area contributed by atoms with Gasteiger partial charge < -0.3 is 24.8 Å². The number of nitrogens with one attached hydrogen (secondary N) is 2. The van der Waals surface area contributed by atoms with Crippen LogP contribution in [-0.2, 0) is 10.2 Å². The Labute approximate surface area is 201 Å². The second-order valence-electron chi connectivity index (χ2n) is 9.02. The van der Waals surface area contributed by atoms with Gasteiger partial charge in [0, 0.05) is 43.7 Å². The summed E-state index contributed by atoms with van der Waals surface area (Å²) in [6.45, 7) is 8.97. The van der Waals surface area contributed by atoms with E-state index in [1.54, 1.807) is 37.6 Å². The van der Waals surface area contributed by atoms with Gasteiger partial charge in [-0.25, -0.2) is 9.78 Å². The third kappa shape index (κ3) is 7.22. The maximum atomic E-state index is 12.7. The number of anilines is 2. The van der Waals surface area contributed by atoms with Crippen molar-refractivity contribution < 1.29 is 19.0 Å². The van der Waals surface area contributed by atoms with E-state index in [1.165, 1.54) is 0 Å². The Balaban J connectivity index is 1.69. The predicted octanol–water partition coefficient (Wildman–Crippen LogP) is 6.62. The van der Waals surface area contributed by atoms with Crippen LogP contribution < -0.4 is 20.1 Å². The van der Waals surface area contributed by atoms with E-state index in [9.17, 15) is 4.79 Å². The number of methoxy groups -OCH3 is 1. The summed E-state index contributed by atoms with van der Waals surface area (Å²) in [5, 5.41) is 5.67. The van der Waals surface area contributed by atoms with E-state index in [-0.39, 0.29) is 11.5 Å². The third-order valence-corrected chi connectivity index (χ3v) is 5.08. The molecule has 0 spiro atoms. The Kier molecular flexibility index (Phi) is 8.49. The van der Waals surface area contributed by atoms with Gasteiger partial charge in [0.1, 0.15) is 17.2 Å². The topological polar surface area (TPSA) is 81.7 Å². The molecule has 2 aromatic carbocycles. The maximum Gasteiger partial charge on any atom is 0.323 e. The summed E-state index contributed by atoms with van der Waals surface area (Å²) in [6.07, 6.45) is 2.40. The maximum absolute atomic E-state index is 12.7. The van der Waals surface area contributed by atoms with E-state index < -0.39 is 6.03 Å². The van der Waals surface area contributed by atoms with Gasteiger partial charge in [-0.2, -0.15) is 0 Å². The van der Waals surface area contributed by atoms with Crippen molar-refractivity contribution in [3.8, 4) is 17.4 Å². The van der Waals surface area contributed by atoms with E-state index in [1.807, 2.05) is 43.3 Å². The van der Waals surface area contributed by atoms with Crippen LogP contribution >= 0.6 is 0 Å². The summed E-state index contributed by atoms with van der Waals surface area (Å²) < 4.78 is 17.1. The number of aromatic nitrogens is 1. The van der Waals surface area contributed by atoms with Crippen molar-refractivity contribution in [1.29, 1.82) is 0 Å². The summed E-state index contributed by atoms with van der Waals surface area (Å²) in [7, 11) is 1.66. The second kappa shape index (κ2) is 11.5. The van der Waals surface area contributed by atoms with Gasteiger partial charge in [0.15, 0.2) is 0 Å². The van der Waals surface area contributed by atoms with Gasteiger partial charge in [-0.1, -0.05) is 45.0 Å². The van der Waals surface area contributed by atoms with Crippen molar-refractivity contribution in [1.82, 2.24) is 4.98 Å². The molecule has 1 unspecified atom stereocenters. The molecule has 1 aromatic heterocycles. The average molecular weight is 464 g/mol. The van der Waals surface area contributed by atoms with E-state index in [0.29, 0.717) is 35.4 Å². The summed E-state index contributed by atoms with van der Waals surface area (Å²) in [5.41, 5.74) is 2.01. The lowest BCUT2D eigenvalue weighted by molar-refractivity contribution is 0.135. The predicted molar refractivity (Wildman–Crippen MR) is 135 cm³/mol. The molecule has 3 rings (SSSR count). The fourth-order valence-corrected chi connectivity index (χ4v) is 3.35. The molecule has 7 nitrogen and oxygen atoms in total. The molecule has 180 valence electrons. The number of carbonyl (C=O) groups excluding carboxylic acids is 1. The number of urea groups is 1. The molecule has 0 saturated heterocycles. The first-order chi connectivity index (χ1) is 16.3. The first kappa shape index (κ1) is 25.1. The van der Waals surface area contributed by atoms with Crippen LogP contribution in [0.5, 0.6) is 17.4 Å². The van der Waals surface area contributed by atoms with Crippen LogP contribution in [0, 0.1) is 0 Å². The molecular weight excluding hydrogens is 430 g/mol. The largest absolute Gasteiger partial charge is 0.491 e. The van der Waals surface area contributed by atoms with Crippen LogP contribution in [0.1, 0.15) is 39.7 Å². The molecular formula is C27H33N3O4. The van der Waals surface area contributed by atoms with Gasteiger partial charge in [0.25, 0.3) is 0 Å². The number of carbonyl (C=O) groups is 1. The standard InChI is InChI=1S/C27H33N3O4/c1-19(15-17-32-5)33-21-11-8-10-20(18-21)29-26(31)30-23-13-9-16-28-25(23)34-24-14-7-6-12-22(24)27(2,3)4/h6-14,16,18-19H,15,17H2,1-5H3,(H2,29,30,31). The molecule has 0 fully saturated rings. The lowest BCUT2D eigenvalue weighted by atomic mass is 9.86. The molecule has 0 aliphatic carbocycles. The summed E-state index contributed by atoms with van der Waals surface area (Å²) >= 11 is 0. The van der Waals surface area contributed by atoms with Gasteiger partial charge in [-0.15, -0.1) is 0 Å². The van der Waals surface area contributed by atoms with Crippen molar-refractivity contribution in [2.75, 3.05) is 24.4 Å². The van der Waals surface area contributed by atoms with E-state index >= 15 is 0 Å². The Bertz CT molecular complexity index is 1090. The highest BCUT2D eigenvalue weighted by Crippen LogP contribution is 2.35. The Morgan fingerprint density at radius 1 is 1.03 bits per heavy atom. The highest BCUT2D eigenvalue weighted by Gasteiger charge is 2.20. The fraction of sp³-hybridized carbons (Fsp3) is 0.333. The molecule has 0 radical (unpaired) electrons. The smallest absolute Gasteiger partial charge is 0.323 e. The SMILES string of the molecule is COCCC(C)Oc1cccc(NC(=O)Nc2cccnc2Oc2ccccc2C(C)(C)C)c1. The molecule has 2 amide bonds. The van der Waals surface area contributed by atoms with Crippen molar-refractivity contribution in [3.05, 3.63) is 72.4 Å². The number of benzene rings is 2. The van der Waals surface area contributed by atoms with Crippen LogP contribution in [0.25, 0.3) is 0 Å². The number of para-hydroxylation sites is 1. The zero-order chi connectivity index (χ0) is 24.6. The van der Waals surface area contributed by atoms with Gasteiger partial charge >= 0.3 is 6.03 Å². The van der Waals surface area contributed by atoms with Crippen LogP contribution in [0.3, 0.4) is 0 Å². The number of ether oxygens (including phenoxy) is 3. The molecule has 7 heteroatoms. The Hall–Kier alpha value is -3.58. The van der Waals surface area contributed by atoms with E-state index in [2.05, 4.69) is 36.4 Å². The minimum atomic E-state index is -0.411. The lowest BCUT2D eigenvalue weighted by Crippen LogP contribution is -2.20. The van der Waals surface area contributed by atoms with Gasteiger partial charge in [-0.3, -0.25) is 0 Å². The summed E-state index contributed by atoms with van der Waals surface area (Å²) in [4.78, 5) is 17.1. The monoisotopic (exact) mass is 463 g/mol. The van der Waals surface area contributed by atoms with Crippen LogP contribution in [-0.4, -0.2) is 30.8 Å². The molecule has 0 bridgehead atoms. The minimum Gasteiger partial charge on any atom is -0.491 e. The Morgan fingerprint density at radius 2 is 1.82 bits per heavy atom. The first-order valence-corrected chi connectivity index (χ1v) is 11.3. The number of nitrogens with zero attached hydrogens (tertiary/aromatic N) is 1. The fourth-order valence-electron chi connectivity index (χ4n) is 3.35. The zero-order valence-corrected chi connectivity index (χ0v) is 20.4. The molecule has 3 aromatic rings. The normalized spacial score (nSPS) is 12.0. The number of pyridine rings is 1. The first-order valence-electron chi connectivity index (χ1n) is 11.3. The van der Waals surface area contributed by atoms with Crippen molar-refractivity contribution in [2.24, 2.45) is 0 Å². The van der Waals surface area contributed by atoms with Gasteiger partial charge in [0.2, 0.25) is 5.88 Å². The third-order valence-electron chi connectivity index (χ3n) is 5.08. The molecule has 0 aliphatic rings. The van der Waals surface area contributed by atoms with Crippen LogP contribution in [0.2, 0.25) is 0 Å². The van der Waals surface area contributed by atoms with Gasteiger partial charge in [0.05, 0.1) is 6.10 Å². The van der Waals surface area contributed by atoms with Crippen molar-refractivity contribution >= 4 is 17.4 Å². The van der Waals surface area contributed by atoms with E-state index in [0.717, 1.165) is 12.0 Å². The average Bonchev–Trinajstić information content (AvgIpc) is 2.79. The Morgan fingerprint density at radius 3 is 2.59 bits per heavy atom. The molecule has 34 heavy (non-hydrogen) atoms. The zero-order valence-electron chi connectivity index (χ0n) is 20.4. The second-order valence-corrected chi connectivity index (χ2v) is 9.02. The van der Waals surface area contributed by atoms with E-state index in [4.69, 9.17) is 14.2 Å². The number of hydrogen-bond donors (Lipinski definition) is 2. The van der Waals surface area contributed by atoms with Gasteiger partial charge in [-0.05, 0) is 42.7 Å². The molecule has 1 heterocycles.